The van der Waals surface area contributed by atoms with Crippen LogP contribution in [0.4, 0.5) is 5.82 Å². The molecule has 3 heterocycles. The summed E-state index contributed by atoms with van der Waals surface area (Å²) >= 11 is 0. The fourth-order valence-electron chi connectivity index (χ4n) is 3.39. The number of hydrogen-bond acceptors (Lipinski definition) is 6. The molecule has 1 atom stereocenters. The van der Waals surface area contributed by atoms with Crippen LogP contribution < -0.4 is 5.73 Å². The van der Waals surface area contributed by atoms with E-state index in [1.165, 1.54) is 0 Å². The molecule has 0 fully saturated rings. The highest BCUT2D eigenvalue weighted by Gasteiger charge is 2.22. The summed E-state index contributed by atoms with van der Waals surface area (Å²) in [5.74, 6) is 0.469. The fraction of sp³-hybridized carbons (Fsp3) is 0.300. The predicted octanol–water partition coefficient (Wildman–Crippen LogP) is 3.62. The molecule has 3 aromatic rings. The van der Waals surface area contributed by atoms with Crippen molar-refractivity contribution >= 4 is 11.8 Å². The lowest BCUT2D eigenvalue weighted by atomic mass is 10.0. The summed E-state index contributed by atoms with van der Waals surface area (Å²) in [5, 5.41) is 23.1. The number of nitrogens with two attached hydrogens (primary N) is 1. The Morgan fingerprint density at radius 2 is 2.11 bits per heavy atom. The number of pyridine rings is 1. The summed E-state index contributed by atoms with van der Waals surface area (Å²) in [5.41, 5.74) is 9.68. The number of nitrogens with zero attached hydrogens (tertiary/aromatic N) is 4. The maximum Gasteiger partial charge on any atom is 0.305 e. The van der Waals surface area contributed by atoms with Crippen molar-refractivity contribution in [1.82, 2.24) is 14.8 Å². The third kappa shape index (κ3) is 3.34. The Morgan fingerprint density at radius 3 is 2.68 bits per heavy atom. The first-order chi connectivity index (χ1) is 13.2. The minimum atomic E-state index is -0.891. The molecule has 0 aliphatic rings. The van der Waals surface area contributed by atoms with Crippen LogP contribution in [0.1, 0.15) is 42.1 Å². The van der Waals surface area contributed by atoms with E-state index in [-0.39, 0.29) is 23.8 Å². The van der Waals surface area contributed by atoms with Crippen LogP contribution in [0.2, 0.25) is 0 Å². The van der Waals surface area contributed by atoms with Crippen LogP contribution in [-0.2, 0) is 4.79 Å². The molecule has 0 radical (unpaired) electrons. The number of hydrogen-bond donors (Lipinski definition) is 2. The molecule has 0 spiro atoms. The number of aryl methyl sites for hydroxylation is 2. The number of nitrogen functional groups attached to an aromatic ring is 1. The fourth-order valence-corrected chi connectivity index (χ4v) is 3.39. The number of carbonyl (C=O) groups is 1. The Kier molecular flexibility index (Phi) is 4.92. The van der Waals surface area contributed by atoms with E-state index in [1.54, 1.807) is 23.7 Å². The van der Waals surface area contributed by atoms with Gasteiger partial charge >= 0.3 is 5.97 Å². The highest BCUT2D eigenvalue weighted by molar-refractivity contribution is 5.79. The van der Waals surface area contributed by atoms with Crippen molar-refractivity contribution in [3.05, 3.63) is 40.9 Å². The van der Waals surface area contributed by atoms with Gasteiger partial charge in [0, 0.05) is 16.8 Å². The van der Waals surface area contributed by atoms with Gasteiger partial charge in [-0.05, 0) is 45.9 Å². The van der Waals surface area contributed by atoms with Crippen molar-refractivity contribution in [2.24, 2.45) is 0 Å². The van der Waals surface area contributed by atoms with Crippen LogP contribution in [0, 0.1) is 32.1 Å². The van der Waals surface area contributed by atoms with E-state index in [4.69, 9.17) is 15.3 Å². The second-order valence-electron chi connectivity index (χ2n) is 6.77. The molecule has 0 aliphatic heterocycles. The number of carboxylic acid groups (broad SMARTS) is 1. The normalized spacial score (nSPS) is 12.0. The molecule has 8 nitrogen and oxygen atoms in total. The second kappa shape index (κ2) is 7.19. The van der Waals surface area contributed by atoms with Crippen LogP contribution in [0.25, 0.3) is 22.6 Å². The highest BCUT2D eigenvalue weighted by atomic mass is 16.4. The summed E-state index contributed by atoms with van der Waals surface area (Å²) in [7, 11) is 0. The van der Waals surface area contributed by atoms with Crippen molar-refractivity contribution in [2.75, 3.05) is 5.73 Å². The molecule has 3 aromatic heterocycles. The van der Waals surface area contributed by atoms with Crippen LogP contribution in [0.3, 0.4) is 0 Å². The average Bonchev–Trinajstić information content (AvgIpc) is 3.16. The second-order valence-corrected chi connectivity index (χ2v) is 6.77. The first-order valence-electron chi connectivity index (χ1n) is 8.78. The van der Waals surface area contributed by atoms with E-state index in [2.05, 4.69) is 16.2 Å². The van der Waals surface area contributed by atoms with Crippen molar-refractivity contribution in [2.45, 2.75) is 40.2 Å². The number of aromatic nitrogens is 3. The molecule has 8 heteroatoms. The van der Waals surface area contributed by atoms with Gasteiger partial charge in [0.1, 0.15) is 29.0 Å². The number of anilines is 1. The molecule has 0 amide bonds. The molecular formula is C20H21N5O3. The molecule has 0 saturated carbocycles. The topological polar surface area (TPSA) is 131 Å². The van der Waals surface area contributed by atoms with Gasteiger partial charge in [0.25, 0.3) is 0 Å². The standard InChI is InChI=1S/C20H21N5O3/c1-10(7-18(26)27)25-13(4)19(12(3)24-25)16-8-14(15(9-21)20(22)23-16)17-6-5-11(2)28-17/h5-6,8,10H,7H2,1-4H3,(H2,22,23)(H,26,27)/t10-/m1/s1. The molecule has 0 unspecified atom stereocenters. The van der Waals surface area contributed by atoms with Crippen molar-refractivity contribution in [1.29, 1.82) is 5.26 Å². The van der Waals surface area contributed by atoms with E-state index in [0.29, 0.717) is 22.7 Å². The molecule has 3 N–H and O–H groups in total. The molecule has 0 aromatic carbocycles. The van der Waals surface area contributed by atoms with Gasteiger partial charge in [-0.25, -0.2) is 4.98 Å². The van der Waals surface area contributed by atoms with Gasteiger partial charge in [-0.15, -0.1) is 0 Å². The Hall–Kier alpha value is -3.60. The zero-order valence-corrected chi connectivity index (χ0v) is 16.1. The Bertz CT molecular complexity index is 1100. The number of furan rings is 1. The third-order valence-electron chi connectivity index (χ3n) is 4.63. The quantitative estimate of drug-likeness (QED) is 0.692. The average molecular weight is 379 g/mol. The van der Waals surface area contributed by atoms with Crippen LogP contribution in [-0.4, -0.2) is 25.8 Å². The van der Waals surface area contributed by atoms with Gasteiger partial charge in [-0.2, -0.15) is 10.4 Å². The summed E-state index contributed by atoms with van der Waals surface area (Å²) in [4.78, 5) is 15.5. The van der Waals surface area contributed by atoms with Crippen molar-refractivity contribution < 1.29 is 14.3 Å². The lowest BCUT2D eigenvalue weighted by Crippen LogP contribution is -2.13. The summed E-state index contributed by atoms with van der Waals surface area (Å²) in [6.45, 7) is 7.32. The van der Waals surface area contributed by atoms with E-state index in [9.17, 15) is 10.1 Å². The number of carboxylic acids is 1. The predicted molar refractivity (Wildman–Crippen MR) is 103 cm³/mol. The van der Waals surface area contributed by atoms with Gasteiger partial charge in [-0.3, -0.25) is 9.48 Å². The Balaban J connectivity index is 2.18. The van der Waals surface area contributed by atoms with Gasteiger partial charge in [0.15, 0.2) is 0 Å². The SMILES string of the molecule is Cc1ccc(-c2cc(-c3c(C)nn([C@H](C)CC(=O)O)c3C)nc(N)c2C#N)o1. The molecular weight excluding hydrogens is 358 g/mol. The van der Waals surface area contributed by atoms with E-state index >= 15 is 0 Å². The number of rotatable bonds is 5. The number of nitriles is 1. The highest BCUT2D eigenvalue weighted by Crippen LogP contribution is 2.35. The zero-order chi connectivity index (χ0) is 20.6. The van der Waals surface area contributed by atoms with Gasteiger partial charge in [-0.1, -0.05) is 0 Å². The molecule has 0 bridgehead atoms. The van der Waals surface area contributed by atoms with E-state index < -0.39 is 5.97 Å². The molecule has 3 rings (SSSR count). The maximum atomic E-state index is 11.1. The van der Waals surface area contributed by atoms with Crippen LogP contribution in [0.15, 0.2) is 22.6 Å². The minimum absolute atomic E-state index is 0.0404. The smallest absolute Gasteiger partial charge is 0.305 e. The van der Waals surface area contributed by atoms with Crippen molar-refractivity contribution in [3.8, 4) is 28.7 Å². The molecule has 0 aliphatic carbocycles. The van der Waals surface area contributed by atoms with Gasteiger partial charge in [0.2, 0.25) is 0 Å². The number of aliphatic carboxylic acids is 1. The largest absolute Gasteiger partial charge is 0.481 e. The minimum Gasteiger partial charge on any atom is -0.481 e. The van der Waals surface area contributed by atoms with Crippen molar-refractivity contribution in [3.63, 3.8) is 0 Å². The lowest BCUT2D eigenvalue weighted by molar-refractivity contribution is -0.137. The van der Waals surface area contributed by atoms with E-state index in [0.717, 1.165) is 17.0 Å². The van der Waals surface area contributed by atoms with Crippen LogP contribution in [0.5, 0.6) is 0 Å². The maximum absolute atomic E-state index is 11.1. The molecule has 28 heavy (non-hydrogen) atoms. The van der Waals surface area contributed by atoms with Gasteiger partial charge < -0.3 is 15.3 Å². The van der Waals surface area contributed by atoms with E-state index in [1.807, 2.05) is 26.8 Å². The Labute approximate surface area is 162 Å². The summed E-state index contributed by atoms with van der Waals surface area (Å²) < 4.78 is 7.37. The first-order valence-corrected chi connectivity index (χ1v) is 8.78. The van der Waals surface area contributed by atoms with Gasteiger partial charge in [0.05, 0.1) is 23.9 Å². The Morgan fingerprint density at radius 1 is 1.39 bits per heavy atom. The molecule has 0 saturated heterocycles. The molecule has 144 valence electrons. The summed E-state index contributed by atoms with van der Waals surface area (Å²) in [6.07, 6.45) is -0.0404. The monoisotopic (exact) mass is 379 g/mol. The third-order valence-corrected chi connectivity index (χ3v) is 4.63. The zero-order valence-electron chi connectivity index (χ0n) is 16.1. The first kappa shape index (κ1) is 19.2. The summed E-state index contributed by atoms with van der Waals surface area (Å²) in [6, 6.07) is 7.14. The van der Waals surface area contributed by atoms with Crippen LogP contribution >= 0.6 is 0 Å². The lowest BCUT2D eigenvalue weighted by Gasteiger charge is -2.13.